The van der Waals surface area contributed by atoms with E-state index in [2.05, 4.69) is 10.3 Å². The number of anilines is 2. The third kappa shape index (κ3) is 3.62. The van der Waals surface area contributed by atoms with Crippen LogP contribution in [0.1, 0.15) is 10.4 Å². The van der Waals surface area contributed by atoms with E-state index in [0.29, 0.717) is 22.1 Å². The zero-order chi connectivity index (χ0) is 18.7. The molecule has 3 rings (SSSR count). The first-order chi connectivity index (χ1) is 12.5. The Morgan fingerprint density at radius 1 is 1.27 bits per heavy atom. The molecule has 0 unspecified atom stereocenters. The Kier molecular flexibility index (Phi) is 4.81. The summed E-state index contributed by atoms with van der Waals surface area (Å²) in [5, 5.41) is 25.5. The van der Waals surface area contributed by atoms with Crippen LogP contribution in [0.15, 0.2) is 47.8 Å². The second-order valence-electron chi connectivity index (χ2n) is 5.19. The van der Waals surface area contributed by atoms with Crippen molar-refractivity contribution >= 4 is 33.8 Å². The van der Waals surface area contributed by atoms with Crippen molar-refractivity contribution in [2.45, 2.75) is 0 Å². The third-order valence-electron chi connectivity index (χ3n) is 3.56. The average molecular weight is 371 g/mol. The highest BCUT2D eigenvalue weighted by Crippen LogP contribution is 2.33. The predicted molar refractivity (Wildman–Crippen MR) is 97.4 cm³/mol. The molecule has 9 heteroatoms. The van der Waals surface area contributed by atoms with Gasteiger partial charge < -0.3 is 15.2 Å². The lowest BCUT2D eigenvalue weighted by Gasteiger charge is -2.04. The van der Waals surface area contributed by atoms with Gasteiger partial charge in [-0.2, -0.15) is 0 Å². The summed E-state index contributed by atoms with van der Waals surface area (Å²) in [5.74, 6) is -0.806. The Bertz CT molecular complexity index is 969. The number of nitro groups is 1. The second-order valence-corrected chi connectivity index (χ2v) is 6.05. The standard InChI is InChI=1S/C17H13N3O5S/c1-25-15-7-4-11(8-14(15)20(23)24)13-9-26-17(19-13)18-12-5-2-10(3-6-12)16(21)22/h2-9H,1H3,(H,18,19)(H,21,22). The van der Waals surface area contributed by atoms with Gasteiger partial charge in [0, 0.05) is 22.7 Å². The number of hydrogen-bond acceptors (Lipinski definition) is 7. The van der Waals surface area contributed by atoms with Crippen LogP contribution in [0.25, 0.3) is 11.3 Å². The minimum atomic E-state index is -0.991. The number of carboxylic acids is 1. The number of thiazole rings is 1. The van der Waals surface area contributed by atoms with Crippen molar-refractivity contribution < 1.29 is 19.6 Å². The highest BCUT2D eigenvalue weighted by molar-refractivity contribution is 7.14. The number of hydrogen-bond donors (Lipinski definition) is 2. The van der Waals surface area contributed by atoms with Gasteiger partial charge >= 0.3 is 11.7 Å². The fraction of sp³-hybridized carbons (Fsp3) is 0.0588. The summed E-state index contributed by atoms with van der Waals surface area (Å²) in [5.41, 5.74) is 1.95. The molecule has 0 amide bonds. The molecule has 0 spiro atoms. The fourth-order valence-electron chi connectivity index (χ4n) is 2.28. The molecule has 1 heterocycles. The maximum absolute atomic E-state index is 11.1. The first kappa shape index (κ1) is 17.4. The van der Waals surface area contributed by atoms with E-state index in [0.717, 1.165) is 0 Å². The van der Waals surface area contributed by atoms with Gasteiger partial charge in [0.15, 0.2) is 10.9 Å². The van der Waals surface area contributed by atoms with Crippen LogP contribution >= 0.6 is 11.3 Å². The van der Waals surface area contributed by atoms with Gasteiger partial charge in [0.2, 0.25) is 0 Å². The molecule has 0 fully saturated rings. The van der Waals surface area contributed by atoms with Gasteiger partial charge in [0.1, 0.15) is 0 Å². The van der Waals surface area contributed by atoms with Crippen LogP contribution in [0.2, 0.25) is 0 Å². The number of methoxy groups -OCH3 is 1. The highest BCUT2D eigenvalue weighted by atomic mass is 32.1. The van der Waals surface area contributed by atoms with Crippen LogP contribution in [0.3, 0.4) is 0 Å². The first-order valence-electron chi connectivity index (χ1n) is 7.36. The van der Waals surface area contributed by atoms with E-state index in [1.807, 2.05) is 0 Å². The Labute approximate surface area is 151 Å². The number of carboxylic acid groups (broad SMARTS) is 1. The number of aromatic carboxylic acids is 1. The minimum absolute atomic E-state index is 0.128. The monoisotopic (exact) mass is 371 g/mol. The van der Waals surface area contributed by atoms with Crippen molar-refractivity contribution in [3.8, 4) is 17.0 Å². The van der Waals surface area contributed by atoms with Crippen molar-refractivity contribution in [1.82, 2.24) is 4.98 Å². The maximum atomic E-state index is 11.1. The van der Waals surface area contributed by atoms with E-state index in [4.69, 9.17) is 9.84 Å². The number of nitro benzene ring substituents is 1. The summed E-state index contributed by atoms with van der Waals surface area (Å²) in [6.45, 7) is 0. The lowest BCUT2D eigenvalue weighted by atomic mass is 10.1. The number of nitrogens with one attached hydrogen (secondary N) is 1. The summed E-state index contributed by atoms with van der Waals surface area (Å²) in [6.07, 6.45) is 0. The Balaban J connectivity index is 1.82. The molecule has 132 valence electrons. The first-order valence-corrected chi connectivity index (χ1v) is 8.24. The molecule has 0 aliphatic heterocycles. The average Bonchev–Trinajstić information content (AvgIpc) is 3.10. The van der Waals surface area contributed by atoms with Crippen molar-refractivity contribution in [3.05, 3.63) is 63.5 Å². The van der Waals surface area contributed by atoms with Gasteiger partial charge in [-0.3, -0.25) is 10.1 Å². The van der Waals surface area contributed by atoms with E-state index in [1.165, 1.54) is 42.7 Å². The van der Waals surface area contributed by atoms with Gasteiger partial charge in [-0.1, -0.05) is 0 Å². The van der Waals surface area contributed by atoms with Gasteiger partial charge in [-0.15, -0.1) is 11.3 Å². The smallest absolute Gasteiger partial charge is 0.335 e. The summed E-state index contributed by atoms with van der Waals surface area (Å²) < 4.78 is 4.99. The van der Waals surface area contributed by atoms with Crippen molar-refractivity contribution in [1.29, 1.82) is 0 Å². The number of ether oxygens (including phenoxy) is 1. The van der Waals surface area contributed by atoms with E-state index in [1.54, 1.807) is 23.6 Å². The van der Waals surface area contributed by atoms with Gasteiger partial charge in [-0.05, 0) is 36.4 Å². The number of aromatic nitrogens is 1. The van der Waals surface area contributed by atoms with Crippen molar-refractivity contribution in [2.24, 2.45) is 0 Å². The Morgan fingerprint density at radius 2 is 2.00 bits per heavy atom. The number of benzene rings is 2. The van der Waals surface area contributed by atoms with E-state index >= 15 is 0 Å². The highest BCUT2D eigenvalue weighted by Gasteiger charge is 2.17. The SMILES string of the molecule is COc1ccc(-c2csc(Nc3ccc(C(=O)O)cc3)n2)cc1[N+](=O)[O-]. The second kappa shape index (κ2) is 7.19. The molecular formula is C17H13N3O5S. The molecule has 0 atom stereocenters. The molecule has 0 saturated carbocycles. The molecule has 3 aromatic rings. The van der Waals surface area contributed by atoms with E-state index in [-0.39, 0.29) is 17.0 Å². The topological polar surface area (TPSA) is 115 Å². The van der Waals surface area contributed by atoms with E-state index in [9.17, 15) is 14.9 Å². The lowest BCUT2D eigenvalue weighted by molar-refractivity contribution is -0.385. The molecular weight excluding hydrogens is 358 g/mol. The number of rotatable bonds is 6. The van der Waals surface area contributed by atoms with Crippen LogP contribution in [-0.4, -0.2) is 28.1 Å². The molecule has 0 aliphatic carbocycles. The van der Waals surface area contributed by atoms with Crippen LogP contribution in [-0.2, 0) is 0 Å². The van der Waals surface area contributed by atoms with Crippen LogP contribution in [0.5, 0.6) is 5.75 Å². The molecule has 8 nitrogen and oxygen atoms in total. The summed E-state index contributed by atoms with van der Waals surface area (Å²) >= 11 is 1.33. The molecule has 0 bridgehead atoms. The minimum Gasteiger partial charge on any atom is -0.490 e. The van der Waals surface area contributed by atoms with Gasteiger partial charge in [0.25, 0.3) is 0 Å². The molecule has 2 N–H and O–H groups in total. The number of carbonyl (C=O) groups is 1. The largest absolute Gasteiger partial charge is 0.490 e. The molecule has 0 radical (unpaired) electrons. The number of nitrogens with zero attached hydrogens (tertiary/aromatic N) is 2. The van der Waals surface area contributed by atoms with Crippen LogP contribution in [0.4, 0.5) is 16.5 Å². The third-order valence-corrected chi connectivity index (χ3v) is 4.32. The maximum Gasteiger partial charge on any atom is 0.335 e. The molecule has 0 aliphatic rings. The fourth-order valence-corrected chi connectivity index (χ4v) is 3.02. The zero-order valence-electron chi connectivity index (χ0n) is 13.5. The summed E-state index contributed by atoms with van der Waals surface area (Å²) in [4.78, 5) is 25.9. The lowest BCUT2D eigenvalue weighted by Crippen LogP contribution is -1.96. The molecule has 26 heavy (non-hydrogen) atoms. The van der Waals surface area contributed by atoms with Crippen LogP contribution < -0.4 is 10.1 Å². The van der Waals surface area contributed by atoms with Crippen molar-refractivity contribution in [2.75, 3.05) is 12.4 Å². The van der Waals surface area contributed by atoms with E-state index < -0.39 is 10.9 Å². The molecule has 1 aromatic heterocycles. The predicted octanol–water partition coefficient (Wildman–Crippen LogP) is 4.17. The Hall–Kier alpha value is -3.46. The van der Waals surface area contributed by atoms with Crippen molar-refractivity contribution in [3.63, 3.8) is 0 Å². The normalized spacial score (nSPS) is 10.3. The van der Waals surface area contributed by atoms with Gasteiger partial charge in [-0.25, -0.2) is 9.78 Å². The summed E-state index contributed by atoms with van der Waals surface area (Å²) in [6, 6.07) is 10.9. The quantitative estimate of drug-likeness (QED) is 0.493. The zero-order valence-corrected chi connectivity index (χ0v) is 14.3. The van der Waals surface area contributed by atoms with Crippen LogP contribution in [0, 0.1) is 10.1 Å². The van der Waals surface area contributed by atoms with Gasteiger partial charge in [0.05, 0.1) is 23.3 Å². The molecule has 0 saturated heterocycles. The molecule has 2 aromatic carbocycles. The Morgan fingerprint density at radius 3 is 2.62 bits per heavy atom. The summed E-state index contributed by atoms with van der Waals surface area (Å²) in [7, 11) is 1.38.